The van der Waals surface area contributed by atoms with Crippen molar-refractivity contribution in [1.29, 1.82) is 0 Å². The predicted molar refractivity (Wildman–Crippen MR) is 174 cm³/mol. The van der Waals surface area contributed by atoms with Crippen LogP contribution in [0.4, 0.5) is 0 Å². The number of allylic oxidation sites excluding steroid dienone is 4. The quantitative estimate of drug-likeness (QED) is 0.205. The molecular weight excluding hydrogens is 526 g/mol. The van der Waals surface area contributed by atoms with E-state index in [1.165, 1.54) is 11.1 Å². The van der Waals surface area contributed by atoms with Crippen molar-refractivity contribution in [1.82, 2.24) is 24.9 Å². The second kappa shape index (κ2) is 11.7. The zero-order valence-electron chi connectivity index (χ0n) is 23.9. The molecule has 0 saturated heterocycles. The van der Waals surface area contributed by atoms with Gasteiger partial charge in [0.1, 0.15) is 0 Å². The zero-order valence-corrected chi connectivity index (χ0v) is 23.9. The van der Waals surface area contributed by atoms with Gasteiger partial charge in [0, 0.05) is 45.9 Å². The second-order valence-electron chi connectivity index (χ2n) is 10.6. The van der Waals surface area contributed by atoms with Gasteiger partial charge in [-0.25, -0.2) is 15.0 Å². The number of hydrogen-bond donors (Lipinski definition) is 0. The molecule has 1 aliphatic carbocycles. The molecule has 0 bridgehead atoms. The minimum atomic E-state index is 0.602. The van der Waals surface area contributed by atoms with Gasteiger partial charge in [-0.15, -0.1) is 0 Å². The third-order valence-corrected chi connectivity index (χ3v) is 7.46. The molecule has 6 aromatic rings. The highest BCUT2D eigenvalue weighted by atomic mass is 15.0. The van der Waals surface area contributed by atoms with Crippen LogP contribution in [0.3, 0.4) is 0 Å². The van der Waals surface area contributed by atoms with Gasteiger partial charge in [0.05, 0.1) is 5.69 Å². The van der Waals surface area contributed by atoms with Gasteiger partial charge in [-0.1, -0.05) is 85.0 Å². The van der Waals surface area contributed by atoms with Gasteiger partial charge in [0.25, 0.3) is 0 Å². The smallest absolute Gasteiger partial charge is 0.164 e. The van der Waals surface area contributed by atoms with E-state index in [9.17, 15) is 0 Å². The van der Waals surface area contributed by atoms with E-state index < -0.39 is 0 Å². The molecule has 206 valence electrons. The largest absolute Gasteiger partial charge is 0.264 e. The lowest BCUT2D eigenvalue weighted by atomic mass is 9.95. The van der Waals surface area contributed by atoms with Crippen LogP contribution in [-0.4, -0.2) is 24.9 Å². The van der Waals surface area contributed by atoms with Gasteiger partial charge in [0.2, 0.25) is 0 Å². The van der Waals surface area contributed by atoms with Crippen LogP contribution < -0.4 is 0 Å². The SMILES string of the molecule is Cc1cc(C2=CCCC=C2)cc(-c2cc(-c3cccnc3)cc(-c3nc(-c4ccccc4)nc(-c4ccccc4)n3)c2)n1. The normalized spacial score (nSPS) is 12.6. The molecule has 0 saturated carbocycles. The zero-order chi connectivity index (χ0) is 29.0. The molecule has 0 radical (unpaired) electrons. The van der Waals surface area contributed by atoms with E-state index in [0.717, 1.165) is 57.6 Å². The summed E-state index contributed by atoms with van der Waals surface area (Å²) in [5, 5.41) is 0. The van der Waals surface area contributed by atoms with Gasteiger partial charge in [-0.3, -0.25) is 9.97 Å². The molecule has 3 aromatic carbocycles. The fourth-order valence-corrected chi connectivity index (χ4v) is 5.35. The molecule has 0 fully saturated rings. The summed E-state index contributed by atoms with van der Waals surface area (Å²) in [5.41, 5.74) is 10.1. The van der Waals surface area contributed by atoms with Crippen LogP contribution >= 0.6 is 0 Å². The van der Waals surface area contributed by atoms with E-state index in [1.54, 1.807) is 6.20 Å². The summed E-state index contributed by atoms with van der Waals surface area (Å²) in [5.74, 6) is 1.86. The summed E-state index contributed by atoms with van der Waals surface area (Å²) >= 11 is 0. The lowest BCUT2D eigenvalue weighted by Gasteiger charge is -2.14. The monoisotopic (exact) mass is 555 g/mol. The van der Waals surface area contributed by atoms with E-state index in [0.29, 0.717) is 17.5 Å². The molecule has 0 unspecified atom stereocenters. The first kappa shape index (κ1) is 26.4. The van der Waals surface area contributed by atoms with Crippen molar-refractivity contribution in [2.24, 2.45) is 0 Å². The lowest BCUT2D eigenvalue weighted by Crippen LogP contribution is -2.01. The Kier molecular flexibility index (Phi) is 7.20. The van der Waals surface area contributed by atoms with E-state index in [-0.39, 0.29) is 0 Å². The van der Waals surface area contributed by atoms with Crippen LogP contribution in [0.2, 0.25) is 0 Å². The third-order valence-electron chi connectivity index (χ3n) is 7.46. The summed E-state index contributed by atoms with van der Waals surface area (Å²) in [6.45, 7) is 2.05. The van der Waals surface area contributed by atoms with Crippen LogP contribution in [0.5, 0.6) is 0 Å². The van der Waals surface area contributed by atoms with Crippen LogP contribution in [0.15, 0.2) is 134 Å². The highest BCUT2D eigenvalue weighted by Gasteiger charge is 2.16. The lowest BCUT2D eigenvalue weighted by molar-refractivity contribution is 1.04. The van der Waals surface area contributed by atoms with Crippen molar-refractivity contribution in [3.05, 3.63) is 145 Å². The Morgan fingerprint density at radius 2 is 1.14 bits per heavy atom. The summed E-state index contributed by atoms with van der Waals surface area (Å²) in [6.07, 6.45) is 12.6. The van der Waals surface area contributed by atoms with Gasteiger partial charge in [-0.2, -0.15) is 0 Å². The molecule has 0 N–H and O–H groups in total. The summed E-state index contributed by atoms with van der Waals surface area (Å²) in [6, 6.07) is 34.9. The number of aromatic nitrogens is 5. The van der Waals surface area contributed by atoms with Crippen LogP contribution in [0.1, 0.15) is 24.1 Å². The Bertz CT molecular complexity index is 1910. The van der Waals surface area contributed by atoms with E-state index in [1.807, 2.05) is 72.9 Å². The van der Waals surface area contributed by atoms with E-state index in [2.05, 4.69) is 66.5 Å². The van der Waals surface area contributed by atoms with Gasteiger partial charge in [-0.05, 0) is 72.9 Å². The first-order chi connectivity index (χ1) is 21.2. The van der Waals surface area contributed by atoms with Crippen LogP contribution in [-0.2, 0) is 0 Å². The first-order valence-corrected chi connectivity index (χ1v) is 14.5. The molecule has 7 rings (SSSR count). The second-order valence-corrected chi connectivity index (χ2v) is 10.6. The van der Waals surface area contributed by atoms with Gasteiger partial charge >= 0.3 is 0 Å². The Morgan fingerprint density at radius 1 is 0.512 bits per heavy atom. The Labute approximate surface area is 251 Å². The topological polar surface area (TPSA) is 64.5 Å². The molecule has 43 heavy (non-hydrogen) atoms. The third kappa shape index (κ3) is 5.79. The summed E-state index contributed by atoms with van der Waals surface area (Å²) < 4.78 is 0. The Morgan fingerprint density at radius 3 is 1.77 bits per heavy atom. The van der Waals surface area contributed by atoms with Gasteiger partial charge < -0.3 is 0 Å². The van der Waals surface area contributed by atoms with Gasteiger partial charge in [0.15, 0.2) is 17.5 Å². The van der Waals surface area contributed by atoms with Crippen LogP contribution in [0.25, 0.3) is 62.1 Å². The average molecular weight is 556 g/mol. The number of benzene rings is 3. The van der Waals surface area contributed by atoms with Crippen molar-refractivity contribution in [3.8, 4) is 56.5 Å². The fourth-order valence-electron chi connectivity index (χ4n) is 5.35. The molecule has 0 spiro atoms. The number of hydrogen-bond acceptors (Lipinski definition) is 5. The first-order valence-electron chi connectivity index (χ1n) is 14.5. The molecule has 5 nitrogen and oxygen atoms in total. The average Bonchev–Trinajstić information content (AvgIpc) is 3.09. The molecular formula is C38H29N5. The number of pyridine rings is 2. The van der Waals surface area contributed by atoms with E-state index >= 15 is 0 Å². The number of aryl methyl sites for hydroxylation is 1. The highest BCUT2D eigenvalue weighted by Crippen LogP contribution is 2.34. The maximum atomic E-state index is 5.00. The predicted octanol–water partition coefficient (Wildman–Crippen LogP) is 9.04. The van der Waals surface area contributed by atoms with E-state index in [4.69, 9.17) is 19.9 Å². The van der Waals surface area contributed by atoms with Crippen molar-refractivity contribution in [3.63, 3.8) is 0 Å². The van der Waals surface area contributed by atoms with Crippen molar-refractivity contribution >= 4 is 5.57 Å². The van der Waals surface area contributed by atoms with Crippen molar-refractivity contribution < 1.29 is 0 Å². The summed E-state index contributed by atoms with van der Waals surface area (Å²) in [4.78, 5) is 24.2. The maximum absolute atomic E-state index is 5.00. The Hall–Kier alpha value is -5.55. The fraction of sp³-hybridized carbons (Fsp3) is 0.0789. The molecule has 3 heterocycles. The minimum absolute atomic E-state index is 0.602. The van der Waals surface area contributed by atoms with Crippen LogP contribution in [0, 0.1) is 6.92 Å². The molecule has 0 atom stereocenters. The van der Waals surface area contributed by atoms with Crippen molar-refractivity contribution in [2.45, 2.75) is 19.8 Å². The standard InChI is InChI=1S/C38H29N5/c1-26-20-31(27-12-5-2-6-13-27)24-35(40-26)33-21-32(30-18-11-19-39-25-30)22-34(23-33)38-42-36(28-14-7-3-8-15-28)41-37(43-38)29-16-9-4-10-17-29/h3-5,7-25H,2,6H2,1H3. The summed E-state index contributed by atoms with van der Waals surface area (Å²) in [7, 11) is 0. The molecule has 0 amide bonds. The highest BCUT2D eigenvalue weighted by molar-refractivity contribution is 5.82. The minimum Gasteiger partial charge on any atom is -0.264 e. The maximum Gasteiger partial charge on any atom is 0.164 e. The Balaban J connectivity index is 1.44. The molecule has 3 aromatic heterocycles. The number of nitrogens with zero attached hydrogens (tertiary/aromatic N) is 5. The van der Waals surface area contributed by atoms with Crippen molar-refractivity contribution in [2.75, 3.05) is 0 Å². The molecule has 1 aliphatic rings. The molecule has 0 aliphatic heterocycles. The number of rotatable bonds is 6. The molecule has 5 heteroatoms.